The highest BCUT2D eigenvalue weighted by atomic mass is 16.6. The van der Waals surface area contributed by atoms with E-state index in [0.717, 1.165) is 13.1 Å². The van der Waals surface area contributed by atoms with E-state index < -0.39 is 4.92 Å². The number of non-ortho nitro benzene ring substituents is 1. The third-order valence-corrected chi connectivity index (χ3v) is 2.60. The lowest BCUT2D eigenvalue weighted by molar-refractivity contribution is -0.385. The van der Waals surface area contributed by atoms with Crippen LogP contribution in [0.5, 0.6) is 11.5 Å². The first-order valence-electron chi connectivity index (χ1n) is 5.39. The van der Waals surface area contributed by atoms with Crippen LogP contribution in [0.4, 0.5) is 5.69 Å². The molecule has 0 atom stereocenters. The van der Waals surface area contributed by atoms with E-state index in [0.29, 0.717) is 24.7 Å². The van der Waals surface area contributed by atoms with Crippen molar-refractivity contribution in [2.24, 2.45) is 0 Å². The summed E-state index contributed by atoms with van der Waals surface area (Å²) in [7, 11) is 1.98. The molecule has 0 spiro atoms. The average Bonchev–Trinajstić information content (AvgIpc) is 2.38. The summed E-state index contributed by atoms with van der Waals surface area (Å²) in [5.74, 6) is 1.00. The van der Waals surface area contributed by atoms with E-state index in [1.807, 2.05) is 7.05 Å². The fraction of sp³-hybridized carbons (Fsp3) is 0.455. The van der Waals surface area contributed by atoms with Crippen LogP contribution in [0.25, 0.3) is 0 Å². The number of nitrogens with zero attached hydrogens (tertiary/aromatic N) is 2. The number of ether oxygens (including phenoxy) is 2. The van der Waals surface area contributed by atoms with Gasteiger partial charge in [0.1, 0.15) is 13.2 Å². The van der Waals surface area contributed by atoms with Gasteiger partial charge in [0.2, 0.25) is 0 Å². The van der Waals surface area contributed by atoms with Crippen molar-refractivity contribution in [1.29, 1.82) is 0 Å². The van der Waals surface area contributed by atoms with Crippen LogP contribution in [0.15, 0.2) is 18.2 Å². The second-order valence-corrected chi connectivity index (χ2v) is 3.89. The standard InChI is InChI=1S/C11H14N2O4/c1-12-4-6-16-10-3-2-9(13(14)15)8-11(10)17-7-5-12/h2-3,8H,4-7H2,1H3. The van der Waals surface area contributed by atoms with Gasteiger partial charge in [-0.05, 0) is 13.1 Å². The van der Waals surface area contributed by atoms with E-state index in [4.69, 9.17) is 9.47 Å². The summed E-state index contributed by atoms with van der Waals surface area (Å²) in [5, 5.41) is 10.7. The average molecular weight is 238 g/mol. The molecule has 1 aromatic rings. The van der Waals surface area contributed by atoms with Crippen LogP contribution >= 0.6 is 0 Å². The van der Waals surface area contributed by atoms with Crippen LogP contribution in [-0.2, 0) is 0 Å². The van der Waals surface area contributed by atoms with E-state index in [1.165, 1.54) is 12.1 Å². The van der Waals surface area contributed by atoms with E-state index in [2.05, 4.69) is 4.90 Å². The molecule has 1 heterocycles. The highest BCUT2D eigenvalue weighted by molar-refractivity contribution is 5.48. The molecule has 6 heteroatoms. The second kappa shape index (κ2) is 5.01. The number of nitro benzene ring substituents is 1. The van der Waals surface area contributed by atoms with Gasteiger partial charge in [0.15, 0.2) is 11.5 Å². The summed E-state index contributed by atoms with van der Waals surface area (Å²) in [5.41, 5.74) is 0.0138. The van der Waals surface area contributed by atoms with Crippen molar-refractivity contribution in [2.45, 2.75) is 0 Å². The van der Waals surface area contributed by atoms with E-state index >= 15 is 0 Å². The summed E-state index contributed by atoms with van der Waals surface area (Å²) in [6.45, 7) is 2.62. The molecule has 1 aliphatic rings. The third kappa shape index (κ3) is 2.85. The topological polar surface area (TPSA) is 64.8 Å². The Hall–Kier alpha value is -1.82. The number of fused-ring (bicyclic) bond motifs is 1. The Morgan fingerprint density at radius 2 is 1.88 bits per heavy atom. The van der Waals surface area contributed by atoms with Gasteiger partial charge in [-0.2, -0.15) is 0 Å². The van der Waals surface area contributed by atoms with Crippen LogP contribution in [-0.4, -0.2) is 43.2 Å². The maximum absolute atomic E-state index is 10.7. The molecule has 0 amide bonds. The fourth-order valence-corrected chi connectivity index (χ4v) is 1.58. The molecular weight excluding hydrogens is 224 g/mol. The van der Waals surface area contributed by atoms with Gasteiger partial charge in [0.25, 0.3) is 5.69 Å². The van der Waals surface area contributed by atoms with Crippen LogP contribution in [0.1, 0.15) is 0 Å². The minimum atomic E-state index is -0.442. The van der Waals surface area contributed by atoms with Gasteiger partial charge in [-0.1, -0.05) is 0 Å². The number of likely N-dealkylation sites (N-methyl/N-ethyl adjacent to an activating group) is 1. The predicted molar refractivity (Wildman–Crippen MR) is 61.6 cm³/mol. The first-order valence-corrected chi connectivity index (χ1v) is 5.39. The first kappa shape index (κ1) is 11.7. The third-order valence-electron chi connectivity index (χ3n) is 2.60. The summed E-state index contributed by atoms with van der Waals surface area (Å²) < 4.78 is 11.0. The van der Waals surface area contributed by atoms with Gasteiger partial charge in [-0.15, -0.1) is 0 Å². The minimum Gasteiger partial charge on any atom is -0.488 e. The van der Waals surface area contributed by atoms with Crippen LogP contribution in [0.2, 0.25) is 0 Å². The maximum Gasteiger partial charge on any atom is 0.273 e. The normalized spacial score (nSPS) is 16.8. The molecule has 1 aromatic carbocycles. The Morgan fingerprint density at radius 1 is 1.24 bits per heavy atom. The van der Waals surface area contributed by atoms with Crippen molar-refractivity contribution in [2.75, 3.05) is 33.4 Å². The summed E-state index contributed by atoms with van der Waals surface area (Å²) >= 11 is 0. The lowest BCUT2D eigenvalue weighted by atomic mass is 10.3. The second-order valence-electron chi connectivity index (χ2n) is 3.89. The monoisotopic (exact) mass is 238 g/mol. The van der Waals surface area contributed by atoms with Gasteiger partial charge in [0, 0.05) is 19.2 Å². The van der Waals surface area contributed by atoms with E-state index in [1.54, 1.807) is 6.07 Å². The Morgan fingerprint density at radius 3 is 2.53 bits per heavy atom. The molecule has 2 rings (SSSR count). The molecule has 0 fully saturated rings. The molecule has 0 radical (unpaired) electrons. The molecule has 17 heavy (non-hydrogen) atoms. The van der Waals surface area contributed by atoms with Crippen molar-refractivity contribution in [3.05, 3.63) is 28.3 Å². The highest BCUT2D eigenvalue weighted by Gasteiger charge is 2.14. The summed E-state index contributed by atoms with van der Waals surface area (Å²) in [6.07, 6.45) is 0. The van der Waals surface area contributed by atoms with Crippen molar-refractivity contribution in [3.8, 4) is 11.5 Å². The lowest BCUT2D eigenvalue weighted by Gasteiger charge is -2.13. The zero-order valence-electron chi connectivity index (χ0n) is 9.59. The van der Waals surface area contributed by atoms with Crippen molar-refractivity contribution in [1.82, 2.24) is 4.90 Å². The molecule has 0 aliphatic carbocycles. The van der Waals surface area contributed by atoms with Gasteiger partial charge in [0.05, 0.1) is 11.0 Å². The van der Waals surface area contributed by atoms with E-state index in [-0.39, 0.29) is 5.69 Å². The first-order chi connectivity index (χ1) is 8.16. The van der Waals surface area contributed by atoms with Gasteiger partial charge >= 0.3 is 0 Å². The summed E-state index contributed by atoms with van der Waals surface area (Å²) in [4.78, 5) is 12.3. The maximum atomic E-state index is 10.7. The molecule has 0 saturated carbocycles. The largest absolute Gasteiger partial charge is 0.488 e. The number of benzene rings is 1. The van der Waals surface area contributed by atoms with Crippen LogP contribution in [0.3, 0.4) is 0 Å². The lowest BCUT2D eigenvalue weighted by Crippen LogP contribution is -2.27. The summed E-state index contributed by atoms with van der Waals surface area (Å²) in [6, 6.07) is 4.41. The molecule has 0 N–H and O–H groups in total. The van der Waals surface area contributed by atoms with Gasteiger partial charge in [-0.25, -0.2) is 0 Å². The molecule has 0 bridgehead atoms. The fourth-order valence-electron chi connectivity index (χ4n) is 1.58. The number of hydrogen-bond acceptors (Lipinski definition) is 5. The van der Waals surface area contributed by atoms with Crippen molar-refractivity contribution >= 4 is 5.69 Å². The quantitative estimate of drug-likeness (QED) is 0.545. The van der Waals surface area contributed by atoms with Crippen molar-refractivity contribution < 1.29 is 14.4 Å². The Balaban J connectivity index is 2.23. The Labute approximate surface area is 98.9 Å². The number of hydrogen-bond donors (Lipinski definition) is 0. The molecule has 1 aliphatic heterocycles. The molecular formula is C11H14N2O4. The van der Waals surface area contributed by atoms with Gasteiger partial charge in [-0.3, -0.25) is 15.0 Å². The van der Waals surface area contributed by atoms with E-state index in [9.17, 15) is 10.1 Å². The number of nitro groups is 1. The highest BCUT2D eigenvalue weighted by Crippen LogP contribution is 2.31. The SMILES string of the molecule is CN1CCOc2ccc([N+](=O)[O-])cc2OCC1. The van der Waals surface area contributed by atoms with Crippen molar-refractivity contribution in [3.63, 3.8) is 0 Å². The Bertz CT molecular complexity index is 422. The van der Waals surface area contributed by atoms with Crippen LogP contribution in [0, 0.1) is 10.1 Å². The molecule has 0 aromatic heterocycles. The Kier molecular flexibility index (Phi) is 3.43. The molecule has 0 unspecified atom stereocenters. The predicted octanol–water partition coefficient (Wildman–Crippen LogP) is 1.30. The zero-order chi connectivity index (χ0) is 12.3. The zero-order valence-corrected chi connectivity index (χ0v) is 9.59. The smallest absolute Gasteiger partial charge is 0.273 e. The van der Waals surface area contributed by atoms with Gasteiger partial charge < -0.3 is 9.47 Å². The number of rotatable bonds is 1. The molecule has 0 saturated heterocycles. The minimum absolute atomic E-state index is 0.0138. The molecule has 6 nitrogen and oxygen atoms in total. The van der Waals surface area contributed by atoms with Crippen LogP contribution < -0.4 is 9.47 Å². The molecule has 92 valence electrons.